The first-order valence-corrected chi connectivity index (χ1v) is 11.7. The van der Waals surface area contributed by atoms with Crippen LogP contribution in [0.1, 0.15) is 76.7 Å². The third-order valence-corrected chi connectivity index (χ3v) is 5.74. The van der Waals surface area contributed by atoms with Gasteiger partial charge in [-0.2, -0.15) is 0 Å². The lowest BCUT2D eigenvalue weighted by Gasteiger charge is -2.26. The second-order valence-electron chi connectivity index (χ2n) is 8.21. The number of unbranched alkanes of at least 4 members (excludes halogenated alkanes) is 5. The summed E-state index contributed by atoms with van der Waals surface area (Å²) in [4.78, 5) is 12.1. The van der Waals surface area contributed by atoms with Gasteiger partial charge in [0.05, 0.1) is 6.10 Å². The number of hydrogen-bond acceptors (Lipinski definition) is 2. The first-order valence-electron chi connectivity index (χ1n) is 11.7. The van der Waals surface area contributed by atoms with Crippen LogP contribution in [0.4, 0.5) is 4.39 Å². The molecule has 2 aromatic rings. The molecule has 0 aliphatic carbocycles. The molecule has 3 nitrogen and oxygen atoms in total. The SMILES string of the molecule is CCCCCCOC(CCCCC)C(F)C(C(=O)O)c1ccc(-c2ccccc2)cc1. The fourth-order valence-electron chi connectivity index (χ4n) is 3.88. The molecule has 2 rings (SSSR count). The van der Waals surface area contributed by atoms with E-state index in [1.54, 1.807) is 12.1 Å². The third kappa shape index (κ3) is 8.10. The number of rotatable bonds is 15. The molecule has 0 radical (unpaired) electrons. The number of hydrogen-bond donors (Lipinski definition) is 1. The van der Waals surface area contributed by atoms with Crippen LogP contribution in [-0.4, -0.2) is 30.0 Å². The molecule has 0 aliphatic heterocycles. The second-order valence-corrected chi connectivity index (χ2v) is 8.21. The van der Waals surface area contributed by atoms with Crippen molar-refractivity contribution in [2.45, 2.75) is 83.4 Å². The lowest BCUT2D eigenvalue weighted by Crippen LogP contribution is -2.35. The number of aliphatic carboxylic acids is 1. The molecule has 2 aromatic carbocycles. The minimum atomic E-state index is -1.58. The third-order valence-electron chi connectivity index (χ3n) is 5.74. The smallest absolute Gasteiger partial charge is 0.314 e. The van der Waals surface area contributed by atoms with E-state index in [1.807, 2.05) is 42.5 Å². The summed E-state index contributed by atoms with van der Waals surface area (Å²) < 4.78 is 21.5. The Morgan fingerprint density at radius 3 is 2.10 bits per heavy atom. The Morgan fingerprint density at radius 2 is 1.48 bits per heavy atom. The van der Waals surface area contributed by atoms with Gasteiger partial charge in [0.1, 0.15) is 12.1 Å². The van der Waals surface area contributed by atoms with Gasteiger partial charge in [0.2, 0.25) is 0 Å². The zero-order valence-corrected chi connectivity index (χ0v) is 18.9. The summed E-state index contributed by atoms with van der Waals surface area (Å²) in [5, 5.41) is 9.85. The molecule has 0 saturated heterocycles. The average molecular weight is 429 g/mol. The van der Waals surface area contributed by atoms with Gasteiger partial charge < -0.3 is 9.84 Å². The molecule has 3 atom stereocenters. The van der Waals surface area contributed by atoms with E-state index < -0.39 is 24.2 Å². The Bertz CT molecular complexity index is 745. The van der Waals surface area contributed by atoms with Crippen molar-refractivity contribution in [1.82, 2.24) is 0 Å². The van der Waals surface area contributed by atoms with Crippen molar-refractivity contribution in [3.8, 4) is 11.1 Å². The Morgan fingerprint density at radius 1 is 0.871 bits per heavy atom. The number of benzene rings is 2. The standard InChI is InChI=1S/C27H37FO3/c1-3-5-7-12-20-31-24(15-9-6-4-2)26(28)25(27(29)30)23-18-16-22(17-19-23)21-13-10-8-11-14-21/h8,10-11,13-14,16-19,24-26H,3-7,9,12,15,20H2,1-2H3,(H,29,30). The van der Waals surface area contributed by atoms with Crippen LogP contribution in [0.15, 0.2) is 54.6 Å². The summed E-state index contributed by atoms with van der Waals surface area (Å²) in [7, 11) is 0. The maximum atomic E-state index is 15.6. The summed E-state index contributed by atoms with van der Waals surface area (Å²) in [5.41, 5.74) is 2.51. The minimum Gasteiger partial charge on any atom is -0.481 e. The topological polar surface area (TPSA) is 46.5 Å². The fraction of sp³-hybridized carbons (Fsp3) is 0.519. The van der Waals surface area contributed by atoms with Crippen LogP contribution in [0.5, 0.6) is 0 Å². The number of halogens is 1. The molecule has 3 unspecified atom stereocenters. The molecule has 0 spiro atoms. The van der Waals surface area contributed by atoms with Crippen LogP contribution < -0.4 is 0 Å². The summed E-state index contributed by atoms with van der Waals surface area (Å²) in [6.07, 6.45) is 5.35. The molecule has 0 aromatic heterocycles. The predicted octanol–water partition coefficient (Wildman–Crippen LogP) is 7.41. The molecule has 0 saturated carbocycles. The molecule has 0 aliphatic rings. The Hall–Kier alpha value is -2.20. The van der Waals surface area contributed by atoms with Crippen molar-refractivity contribution in [1.29, 1.82) is 0 Å². The Kier molecular flexibility index (Phi) is 11.3. The van der Waals surface area contributed by atoms with E-state index in [9.17, 15) is 9.90 Å². The van der Waals surface area contributed by atoms with Crippen molar-refractivity contribution in [3.05, 3.63) is 60.2 Å². The van der Waals surface area contributed by atoms with E-state index in [-0.39, 0.29) is 0 Å². The van der Waals surface area contributed by atoms with Gasteiger partial charge in [-0.15, -0.1) is 0 Å². The van der Waals surface area contributed by atoms with E-state index in [1.165, 1.54) is 0 Å². The van der Waals surface area contributed by atoms with E-state index in [2.05, 4.69) is 13.8 Å². The predicted molar refractivity (Wildman–Crippen MR) is 125 cm³/mol. The minimum absolute atomic E-state index is 0.481. The van der Waals surface area contributed by atoms with Gasteiger partial charge >= 0.3 is 5.97 Å². The number of carboxylic acids is 1. The van der Waals surface area contributed by atoms with Crippen LogP contribution in [-0.2, 0) is 9.53 Å². The van der Waals surface area contributed by atoms with Gasteiger partial charge in [0.15, 0.2) is 0 Å². The van der Waals surface area contributed by atoms with Crippen LogP contribution in [0.2, 0.25) is 0 Å². The maximum absolute atomic E-state index is 15.6. The lowest BCUT2D eigenvalue weighted by atomic mass is 9.88. The van der Waals surface area contributed by atoms with E-state index in [0.29, 0.717) is 18.6 Å². The molecule has 31 heavy (non-hydrogen) atoms. The van der Waals surface area contributed by atoms with Gasteiger partial charge in [-0.25, -0.2) is 4.39 Å². The van der Waals surface area contributed by atoms with Crippen LogP contribution in [0.25, 0.3) is 11.1 Å². The van der Waals surface area contributed by atoms with Gasteiger partial charge in [-0.3, -0.25) is 4.79 Å². The van der Waals surface area contributed by atoms with E-state index in [4.69, 9.17) is 4.74 Å². The van der Waals surface area contributed by atoms with Crippen LogP contribution >= 0.6 is 0 Å². The highest BCUT2D eigenvalue weighted by Gasteiger charge is 2.36. The van der Waals surface area contributed by atoms with E-state index >= 15 is 4.39 Å². The number of carbonyl (C=O) groups is 1. The quantitative estimate of drug-likeness (QED) is 0.301. The summed E-state index contributed by atoms with van der Waals surface area (Å²) in [5.74, 6) is -2.37. The van der Waals surface area contributed by atoms with Gasteiger partial charge in [-0.1, -0.05) is 107 Å². The normalized spacial score (nSPS) is 14.2. The van der Waals surface area contributed by atoms with Crippen molar-refractivity contribution < 1.29 is 19.0 Å². The first kappa shape index (κ1) is 25.1. The molecule has 0 fully saturated rings. The number of alkyl halides is 1. The highest BCUT2D eigenvalue weighted by atomic mass is 19.1. The Balaban J connectivity index is 2.13. The van der Waals surface area contributed by atoms with Gasteiger partial charge in [0, 0.05) is 6.61 Å². The van der Waals surface area contributed by atoms with E-state index in [0.717, 1.165) is 56.1 Å². The van der Waals surface area contributed by atoms with Crippen LogP contribution in [0, 0.1) is 0 Å². The highest BCUT2D eigenvalue weighted by molar-refractivity contribution is 5.77. The molecular weight excluding hydrogens is 391 g/mol. The first-order chi connectivity index (χ1) is 15.1. The molecule has 0 amide bonds. The van der Waals surface area contributed by atoms with Crippen molar-refractivity contribution in [2.75, 3.05) is 6.61 Å². The van der Waals surface area contributed by atoms with Crippen molar-refractivity contribution in [2.24, 2.45) is 0 Å². The Labute approximate surface area is 186 Å². The average Bonchev–Trinajstić information content (AvgIpc) is 2.78. The fourth-order valence-corrected chi connectivity index (χ4v) is 3.88. The molecular formula is C27H37FO3. The zero-order chi connectivity index (χ0) is 22.5. The van der Waals surface area contributed by atoms with Crippen LogP contribution in [0.3, 0.4) is 0 Å². The number of ether oxygens (including phenoxy) is 1. The summed E-state index contributed by atoms with van der Waals surface area (Å²) in [6.45, 7) is 4.73. The lowest BCUT2D eigenvalue weighted by molar-refractivity contribution is -0.143. The van der Waals surface area contributed by atoms with Gasteiger partial charge in [-0.05, 0) is 29.5 Å². The van der Waals surface area contributed by atoms with Gasteiger partial charge in [0.25, 0.3) is 0 Å². The molecule has 0 bridgehead atoms. The van der Waals surface area contributed by atoms with Crippen molar-refractivity contribution >= 4 is 5.97 Å². The largest absolute Gasteiger partial charge is 0.481 e. The second kappa shape index (κ2) is 14.0. The zero-order valence-electron chi connectivity index (χ0n) is 18.9. The monoisotopic (exact) mass is 428 g/mol. The highest BCUT2D eigenvalue weighted by Crippen LogP contribution is 2.30. The molecule has 170 valence electrons. The number of carboxylic acid groups (broad SMARTS) is 1. The van der Waals surface area contributed by atoms with Crippen molar-refractivity contribution in [3.63, 3.8) is 0 Å². The summed E-state index contributed by atoms with van der Waals surface area (Å²) >= 11 is 0. The maximum Gasteiger partial charge on any atom is 0.314 e. The molecule has 4 heteroatoms. The molecule has 1 N–H and O–H groups in total. The molecule has 0 heterocycles. The summed E-state index contributed by atoms with van der Waals surface area (Å²) in [6, 6.07) is 17.1.